The fourth-order valence-corrected chi connectivity index (χ4v) is 5.26. The second kappa shape index (κ2) is 10.5. The maximum atomic E-state index is 12.4. The number of piperazine rings is 1. The maximum Gasteiger partial charge on any atom is 0.222 e. The molecule has 3 aromatic heterocycles. The second-order valence-electron chi connectivity index (χ2n) is 10.6. The van der Waals surface area contributed by atoms with Crippen molar-refractivity contribution in [1.82, 2.24) is 29.7 Å². The Morgan fingerprint density at radius 3 is 2.71 bits per heavy atom. The highest BCUT2D eigenvalue weighted by molar-refractivity contribution is 5.83. The fraction of sp³-hybridized carbons (Fsp3) is 0.400. The number of nitrogens with one attached hydrogen (secondary N) is 1. The summed E-state index contributed by atoms with van der Waals surface area (Å²) in [5, 5.41) is 0. The normalized spacial score (nSPS) is 16.2. The lowest BCUT2D eigenvalue weighted by atomic mass is 10.0. The topological polar surface area (TPSA) is 87.2 Å². The van der Waals surface area contributed by atoms with Crippen LogP contribution >= 0.6 is 0 Å². The lowest BCUT2D eigenvalue weighted by Crippen LogP contribution is -2.48. The Labute approximate surface area is 223 Å². The minimum atomic E-state index is 0.339. The number of methoxy groups -OCH3 is 1. The lowest BCUT2D eigenvalue weighted by Gasteiger charge is -2.35. The highest BCUT2D eigenvalue weighted by Crippen LogP contribution is 2.33. The molecule has 0 atom stereocenters. The second-order valence-corrected chi connectivity index (χ2v) is 10.6. The summed E-state index contributed by atoms with van der Waals surface area (Å²) in [7, 11) is 1.67. The standard InChI is InChI=1S/C30H34N6O2/c1-20-13-25(28(38-2)18-32-20)23-5-6-26-27(16-23)34-29(33-26)17-24-14-22(7-8-31-24)19-35-9-11-36(12-10-35)30(37)15-21-3-4-21/h5-8,13-14,16,18,21H,3-4,9-12,15,17,19H2,1-2H3,(H,33,34). The number of rotatable bonds is 8. The van der Waals surface area contributed by atoms with E-state index in [0.717, 1.165) is 84.3 Å². The first kappa shape index (κ1) is 24.6. The molecule has 8 nitrogen and oxygen atoms in total. The maximum absolute atomic E-state index is 12.4. The average Bonchev–Trinajstić information content (AvgIpc) is 3.65. The van der Waals surface area contributed by atoms with E-state index in [1.807, 2.05) is 30.2 Å². The minimum Gasteiger partial charge on any atom is -0.494 e. The summed E-state index contributed by atoms with van der Waals surface area (Å²) in [6.07, 6.45) is 7.49. The van der Waals surface area contributed by atoms with E-state index in [1.54, 1.807) is 13.3 Å². The number of benzene rings is 1. The van der Waals surface area contributed by atoms with Gasteiger partial charge in [0, 0.05) is 68.7 Å². The number of aromatic nitrogens is 4. The van der Waals surface area contributed by atoms with Crippen molar-refractivity contribution in [2.45, 2.75) is 39.2 Å². The van der Waals surface area contributed by atoms with Gasteiger partial charge in [-0.15, -0.1) is 0 Å². The van der Waals surface area contributed by atoms with E-state index in [0.29, 0.717) is 18.2 Å². The van der Waals surface area contributed by atoms with E-state index in [4.69, 9.17) is 9.72 Å². The number of imidazole rings is 1. The Morgan fingerprint density at radius 1 is 1.08 bits per heavy atom. The number of aryl methyl sites for hydroxylation is 1. The Morgan fingerprint density at radius 2 is 1.92 bits per heavy atom. The molecule has 4 heterocycles. The van der Waals surface area contributed by atoms with Gasteiger partial charge in [-0.1, -0.05) is 6.07 Å². The zero-order chi connectivity index (χ0) is 26.1. The summed E-state index contributed by atoms with van der Waals surface area (Å²) < 4.78 is 5.53. The number of ether oxygens (including phenoxy) is 1. The molecule has 0 unspecified atom stereocenters. The van der Waals surface area contributed by atoms with E-state index in [2.05, 4.69) is 44.1 Å². The molecule has 8 heteroatoms. The summed E-state index contributed by atoms with van der Waals surface area (Å²) in [5.41, 5.74) is 7.17. The Kier molecular flexibility index (Phi) is 6.81. The van der Waals surface area contributed by atoms with Crippen LogP contribution in [-0.4, -0.2) is 68.9 Å². The Balaban J connectivity index is 1.11. The van der Waals surface area contributed by atoms with Crippen molar-refractivity contribution in [3.8, 4) is 16.9 Å². The largest absolute Gasteiger partial charge is 0.494 e. The van der Waals surface area contributed by atoms with Gasteiger partial charge < -0.3 is 14.6 Å². The summed E-state index contributed by atoms with van der Waals surface area (Å²) in [5.74, 6) is 2.63. The van der Waals surface area contributed by atoms with Crippen molar-refractivity contribution in [1.29, 1.82) is 0 Å². The van der Waals surface area contributed by atoms with Gasteiger partial charge in [-0.05, 0) is 67.1 Å². The number of pyridine rings is 2. The van der Waals surface area contributed by atoms with Crippen LogP contribution in [0, 0.1) is 12.8 Å². The lowest BCUT2D eigenvalue weighted by molar-refractivity contribution is -0.133. The quantitative estimate of drug-likeness (QED) is 0.379. The van der Waals surface area contributed by atoms with Crippen LogP contribution in [0.15, 0.2) is 48.8 Å². The highest BCUT2D eigenvalue weighted by atomic mass is 16.5. The van der Waals surface area contributed by atoms with Gasteiger partial charge >= 0.3 is 0 Å². The first-order valence-electron chi connectivity index (χ1n) is 13.5. The number of fused-ring (bicyclic) bond motifs is 1. The van der Waals surface area contributed by atoms with Crippen LogP contribution in [0.5, 0.6) is 5.75 Å². The Hall–Kier alpha value is -3.78. The van der Waals surface area contributed by atoms with Crippen molar-refractivity contribution in [2.24, 2.45) is 5.92 Å². The monoisotopic (exact) mass is 510 g/mol. The van der Waals surface area contributed by atoms with Crippen LogP contribution in [0.2, 0.25) is 0 Å². The molecule has 1 aromatic carbocycles. The SMILES string of the molecule is COc1cnc(C)cc1-c1ccc2nc(Cc3cc(CN4CCN(C(=O)CC5CC5)CC4)ccn3)[nH]c2c1. The average molecular weight is 511 g/mol. The van der Waals surface area contributed by atoms with E-state index in [-0.39, 0.29) is 0 Å². The molecule has 4 aromatic rings. The molecule has 1 saturated carbocycles. The van der Waals surface area contributed by atoms with Gasteiger partial charge in [-0.3, -0.25) is 19.7 Å². The summed E-state index contributed by atoms with van der Waals surface area (Å²) in [6.45, 7) is 6.35. The number of H-pyrrole nitrogens is 1. The molecule has 6 rings (SSSR count). The molecule has 0 bridgehead atoms. The fourth-order valence-electron chi connectivity index (χ4n) is 5.26. The van der Waals surface area contributed by atoms with Crippen LogP contribution < -0.4 is 4.74 Å². The third-order valence-corrected chi connectivity index (χ3v) is 7.59. The number of hydrogen-bond donors (Lipinski definition) is 1. The molecule has 1 aliphatic carbocycles. The van der Waals surface area contributed by atoms with Gasteiger partial charge in [0.05, 0.1) is 24.3 Å². The number of nitrogens with zero attached hydrogens (tertiary/aromatic N) is 5. The van der Waals surface area contributed by atoms with Crippen LogP contribution in [0.25, 0.3) is 22.2 Å². The number of amides is 1. The molecule has 0 spiro atoms. The number of aromatic amines is 1. The zero-order valence-electron chi connectivity index (χ0n) is 22.1. The molecular weight excluding hydrogens is 476 g/mol. The van der Waals surface area contributed by atoms with Gasteiger partial charge in [0.2, 0.25) is 5.91 Å². The molecule has 1 N–H and O–H groups in total. The van der Waals surface area contributed by atoms with Crippen LogP contribution in [0.1, 0.15) is 42.0 Å². The third kappa shape index (κ3) is 5.55. The van der Waals surface area contributed by atoms with Gasteiger partial charge in [-0.2, -0.15) is 0 Å². The minimum absolute atomic E-state index is 0.339. The first-order chi connectivity index (χ1) is 18.5. The highest BCUT2D eigenvalue weighted by Gasteiger charge is 2.28. The van der Waals surface area contributed by atoms with E-state index in [9.17, 15) is 4.79 Å². The Bertz CT molecular complexity index is 1450. The molecule has 2 aliphatic rings. The predicted molar refractivity (Wildman–Crippen MR) is 147 cm³/mol. The first-order valence-corrected chi connectivity index (χ1v) is 13.5. The van der Waals surface area contributed by atoms with Gasteiger partial charge in [0.15, 0.2) is 0 Å². The van der Waals surface area contributed by atoms with Crippen LogP contribution in [-0.2, 0) is 17.8 Å². The van der Waals surface area contributed by atoms with E-state index < -0.39 is 0 Å². The van der Waals surface area contributed by atoms with Crippen molar-refractivity contribution in [3.63, 3.8) is 0 Å². The number of hydrogen-bond acceptors (Lipinski definition) is 6. The smallest absolute Gasteiger partial charge is 0.222 e. The third-order valence-electron chi connectivity index (χ3n) is 7.59. The summed E-state index contributed by atoms with van der Waals surface area (Å²) in [6, 6.07) is 12.5. The van der Waals surface area contributed by atoms with Crippen molar-refractivity contribution < 1.29 is 9.53 Å². The number of carbonyl (C=O) groups is 1. The van der Waals surface area contributed by atoms with Crippen LogP contribution in [0.4, 0.5) is 0 Å². The van der Waals surface area contributed by atoms with Gasteiger partial charge in [-0.25, -0.2) is 4.98 Å². The van der Waals surface area contributed by atoms with Crippen molar-refractivity contribution in [2.75, 3.05) is 33.3 Å². The van der Waals surface area contributed by atoms with E-state index >= 15 is 0 Å². The molecule has 2 fully saturated rings. The van der Waals surface area contributed by atoms with Crippen molar-refractivity contribution >= 4 is 16.9 Å². The van der Waals surface area contributed by atoms with E-state index in [1.165, 1.54) is 18.4 Å². The summed E-state index contributed by atoms with van der Waals surface area (Å²) in [4.78, 5) is 34.1. The summed E-state index contributed by atoms with van der Waals surface area (Å²) >= 11 is 0. The molecule has 1 amide bonds. The van der Waals surface area contributed by atoms with Gasteiger partial charge in [0.1, 0.15) is 11.6 Å². The zero-order valence-corrected chi connectivity index (χ0v) is 22.1. The number of carbonyl (C=O) groups excluding carboxylic acids is 1. The predicted octanol–water partition coefficient (Wildman–Crippen LogP) is 4.37. The van der Waals surface area contributed by atoms with Gasteiger partial charge in [0.25, 0.3) is 0 Å². The molecule has 38 heavy (non-hydrogen) atoms. The van der Waals surface area contributed by atoms with Crippen molar-refractivity contribution in [3.05, 3.63) is 71.6 Å². The molecule has 1 aliphatic heterocycles. The molecule has 196 valence electrons. The molecule has 0 radical (unpaired) electrons. The molecular formula is C30H34N6O2. The molecule has 1 saturated heterocycles. The van der Waals surface area contributed by atoms with Crippen LogP contribution in [0.3, 0.4) is 0 Å².